The molecule has 0 N–H and O–H groups in total. The zero-order chi connectivity index (χ0) is 27.2. The van der Waals surface area contributed by atoms with Crippen LogP contribution in [0, 0.1) is 5.82 Å². The molecule has 0 aliphatic rings. The predicted molar refractivity (Wildman–Crippen MR) is 125 cm³/mol. The molecular weight excluding hydrogens is 518 g/mol. The summed E-state index contributed by atoms with van der Waals surface area (Å²) < 4.78 is 93.7. The molecule has 37 heavy (non-hydrogen) atoms. The summed E-state index contributed by atoms with van der Waals surface area (Å²) in [5.41, 5.74) is -0.633. The van der Waals surface area contributed by atoms with Crippen molar-refractivity contribution >= 4 is 16.0 Å². The van der Waals surface area contributed by atoms with Gasteiger partial charge in [-0.05, 0) is 54.1 Å². The standard InChI is InChI=1S/C25H23F4NO6S/c1-34-12-11-30(24(31)18-5-3-7-20(26)14-18)16-17-9-10-22(35-2)23(13-17)36-37(32,33)21-8-4-6-19(15-21)25(27,28)29/h3-10,13-15H,11-12,16H2,1-2H3. The number of carbonyl (C=O) groups is 1. The van der Waals surface area contributed by atoms with Crippen molar-refractivity contribution in [2.75, 3.05) is 27.4 Å². The molecule has 0 saturated carbocycles. The first-order chi connectivity index (χ1) is 17.4. The lowest BCUT2D eigenvalue weighted by atomic mass is 10.1. The lowest BCUT2D eigenvalue weighted by molar-refractivity contribution is -0.137. The Kier molecular flexibility index (Phi) is 8.77. The summed E-state index contributed by atoms with van der Waals surface area (Å²) in [7, 11) is -1.97. The molecule has 0 aliphatic carbocycles. The Morgan fingerprint density at radius 3 is 2.32 bits per heavy atom. The fourth-order valence-electron chi connectivity index (χ4n) is 3.36. The van der Waals surface area contributed by atoms with E-state index in [0.717, 1.165) is 24.3 Å². The summed E-state index contributed by atoms with van der Waals surface area (Å²) in [4.78, 5) is 13.7. The average molecular weight is 542 g/mol. The number of halogens is 4. The summed E-state index contributed by atoms with van der Waals surface area (Å²) in [6.07, 6.45) is -4.75. The normalized spacial score (nSPS) is 11.7. The monoisotopic (exact) mass is 541 g/mol. The highest BCUT2D eigenvalue weighted by Crippen LogP contribution is 2.34. The molecule has 3 aromatic rings. The van der Waals surface area contributed by atoms with Crippen LogP contribution in [-0.4, -0.2) is 46.6 Å². The van der Waals surface area contributed by atoms with Crippen molar-refractivity contribution in [3.63, 3.8) is 0 Å². The highest BCUT2D eigenvalue weighted by molar-refractivity contribution is 7.87. The van der Waals surface area contributed by atoms with Gasteiger partial charge in [-0.3, -0.25) is 4.79 Å². The van der Waals surface area contributed by atoms with Crippen LogP contribution in [0.3, 0.4) is 0 Å². The molecule has 3 aromatic carbocycles. The minimum Gasteiger partial charge on any atom is -0.493 e. The molecule has 0 atom stereocenters. The van der Waals surface area contributed by atoms with E-state index in [-0.39, 0.29) is 36.8 Å². The second-order valence-corrected chi connectivity index (χ2v) is 9.32. The summed E-state index contributed by atoms with van der Waals surface area (Å²) in [6, 6.07) is 12.5. The highest BCUT2D eigenvalue weighted by atomic mass is 32.2. The van der Waals surface area contributed by atoms with E-state index in [9.17, 15) is 30.8 Å². The Balaban J connectivity index is 1.91. The molecule has 1 amide bonds. The fourth-order valence-corrected chi connectivity index (χ4v) is 4.34. The van der Waals surface area contributed by atoms with E-state index in [0.29, 0.717) is 11.6 Å². The zero-order valence-corrected chi connectivity index (χ0v) is 20.6. The first-order valence-electron chi connectivity index (χ1n) is 10.8. The molecule has 0 unspecified atom stereocenters. The number of alkyl halides is 3. The second kappa shape index (κ2) is 11.6. The SMILES string of the molecule is COCCN(Cc1ccc(OC)c(OS(=O)(=O)c2cccc(C(F)(F)F)c2)c1)C(=O)c1cccc(F)c1. The van der Waals surface area contributed by atoms with Crippen LogP contribution in [0.1, 0.15) is 21.5 Å². The lowest BCUT2D eigenvalue weighted by Gasteiger charge is -2.23. The molecule has 0 bridgehead atoms. The van der Waals surface area contributed by atoms with E-state index in [4.69, 9.17) is 13.7 Å². The van der Waals surface area contributed by atoms with Crippen LogP contribution >= 0.6 is 0 Å². The quantitative estimate of drug-likeness (QED) is 0.268. The van der Waals surface area contributed by atoms with Crippen LogP contribution in [0.2, 0.25) is 0 Å². The number of carbonyl (C=O) groups excluding carboxylic acids is 1. The van der Waals surface area contributed by atoms with Crippen molar-refractivity contribution in [2.45, 2.75) is 17.6 Å². The summed E-state index contributed by atoms with van der Waals surface area (Å²) in [5.74, 6) is -1.37. The van der Waals surface area contributed by atoms with Crippen LogP contribution in [0.5, 0.6) is 11.5 Å². The number of nitrogens with zero attached hydrogens (tertiary/aromatic N) is 1. The van der Waals surface area contributed by atoms with Gasteiger partial charge >= 0.3 is 16.3 Å². The molecule has 0 heterocycles. The van der Waals surface area contributed by atoms with Gasteiger partial charge in [-0.25, -0.2) is 4.39 Å². The van der Waals surface area contributed by atoms with E-state index in [1.807, 2.05) is 0 Å². The first-order valence-corrected chi connectivity index (χ1v) is 12.2. The molecule has 0 fully saturated rings. The fraction of sp³-hybridized carbons (Fsp3) is 0.240. The molecule has 0 radical (unpaired) electrons. The van der Waals surface area contributed by atoms with Crippen LogP contribution < -0.4 is 8.92 Å². The number of hydrogen-bond acceptors (Lipinski definition) is 6. The minimum absolute atomic E-state index is 0.000741. The zero-order valence-electron chi connectivity index (χ0n) is 19.8. The highest BCUT2D eigenvalue weighted by Gasteiger charge is 2.32. The van der Waals surface area contributed by atoms with Crippen LogP contribution in [0.15, 0.2) is 71.6 Å². The largest absolute Gasteiger partial charge is 0.493 e. The number of hydrogen-bond donors (Lipinski definition) is 0. The molecule has 12 heteroatoms. The number of benzene rings is 3. The van der Waals surface area contributed by atoms with Crippen LogP contribution in [-0.2, 0) is 27.6 Å². The van der Waals surface area contributed by atoms with E-state index < -0.39 is 38.5 Å². The Bertz CT molecular complexity index is 1360. The number of methoxy groups -OCH3 is 2. The predicted octanol–water partition coefficient (Wildman–Crippen LogP) is 4.91. The van der Waals surface area contributed by atoms with Crippen molar-refractivity contribution in [3.05, 3.63) is 89.2 Å². The van der Waals surface area contributed by atoms with E-state index >= 15 is 0 Å². The molecule has 0 aliphatic heterocycles. The number of ether oxygens (including phenoxy) is 2. The van der Waals surface area contributed by atoms with Crippen LogP contribution in [0.4, 0.5) is 17.6 Å². The maximum atomic E-state index is 13.6. The molecule has 0 spiro atoms. The Hall–Kier alpha value is -3.64. The second-order valence-electron chi connectivity index (χ2n) is 7.78. The van der Waals surface area contributed by atoms with Gasteiger partial charge in [0.15, 0.2) is 11.5 Å². The summed E-state index contributed by atoms with van der Waals surface area (Å²) >= 11 is 0. The lowest BCUT2D eigenvalue weighted by Crippen LogP contribution is -2.33. The smallest absolute Gasteiger partial charge is 0.416 e. The molecule has 7 nitrogen and oxygen atoms in total. The van der Waals surface area contributed by atoms with Crippen molar-refractivity contribution in [1.82, 2.24) is 4.90 Å². The number of amides is 1. The third-order valence-corrected chi connectivity index (χ3v) is 6.41. The topological polar surface area (TPSA) is 82.1 Å². The maximum Gasteiger partial charge on any atom is 0.416 e. The van der Waals surface area contributed by atoms with Gasteiger partial charge in [0.05, 0.1) is 19.3 Å². The molecule has 0 aromatic heterocycles. The van der Waals surface area contributed by atoms with Gasteiger partial charge in [-0.15, -0.1) is 0 Å². The molecule has 0 saturated heterocycles. The third-order valence-electron chi connectivity index (χ3n) is 5.18. The van der Waals surface area contributed by atoms with Gasteiger partial charge in [-0.2, -0.15) is 21.6 Å². The maximum absolute atomic E-state index is 13.6. The van der Waals surface area contributed by atoms with Gasteiger partial charge in [0.2, 0.25) is 0 Å². The Labute approximate surface area is 211 Å². The van der Waals surface area contributed by atoms with Gasteiger partial charge in [0.1, 0.15) is 10.7 Å². The van der Waals surface area contributed by atoms with Gasteiger partial charge in [0.25, 0.3) is 5.91 Å². The van der Waals surface area contributed by atoms with Gasteiger partial charge in [0, 0.05) is 25.8 Å². The molecule has 198 valence electrons. The van der Waals surface area contributed by atoms with Crippen molar-refractivity contribution in [2.24, 2.45) is 0 Å². The Morgan fingerprint density at radius 1 is 0.946 bits per heavy atom. The first kappa shape index (κ1) is 27.9. The summed E-state index contributed by atoms with van der Waals surface area (Å²) in [6.45, 7) is 0.268. The van der Waals surface area contributed by atoms with Crippen molar-refractivity contribution < 1.29 is 44.4 Å². The molecular formula is C25H23F4NO6S. The van der Waals surface area contributed by atoms with Gasteiger partial charge in [-0.1, -0.05) is 18.2 Å². The number of rotatable bonds is 10. The minimum atomic E-state index is -4.75. The van der Waals surface area contributed by atoms with E-state index in [1.54, 1.807) is 6.07 Å². The molecule has 3 rings (SSSR count). The third kappa shape index (κ3) is 7.20. The van der Waals surface area contributed by atoms with Gasteiger partial charge < -0.3 is 18.6 Å². The van der Waals surface area contributed by atoms with Crippen molar-refractivity contribution in [3.8, 4) is 11.5 Å². The van der Waals surface area contributed by atoms with E-state index in [1.165, 1.54) is 49.5 Å². The average Bonchev–Trinajstić information content (AvgIpc) is 2.85. The van der Waals surface area contributed by atoms with Crippen LogP contribution in [0.25, 0.3) is 0 Å². The Morgan fingerprint density at radius 2 is 1.68 bits per heavy atom. The van der Waals surface area contributed by atoms with Crippen molar-refractivity contribution in [1.29, 1.82) is 0 Å². The van der Waals surface area contributed by atoms with E-state index in [2.05, 4.69) is 0 Å². The summed E-state index contributed by atoms with van der Waals surface area (Å²) in [5, 5.41) is 0.